The summed E-state index contributed by atoms with van der Waals surface area (Å²) in [6.07, 6.45) is 6.45. The SMILES string of the molecule is Cl.O=C(O)C1CCN(c2ccc3cc(-c4cncnc4)ccc3n2)CC1. The Morgan fingerprint density at radius 1 is 1.04 bits per heavy atom. The molecular formula is C19H19ClN4O2. The molecule has 26 heavy (non-hydrogen) atoms. The molecule has 0 unspecified atom stereocenters. The second-order valence-corrected chi connectivity index (χ2v) is 6.30. The Balaban J connectivity index is 0.00000196. The fourth-order valence-corrected chi connectivity index (χ4v) is 3.27. The minimum absolute atomic E-state index is 0. The zero-order valence-corrected chi connectivity index (χ0v) is 14.9. The molecule has 0 amide bonds. The van der Waals surface area contributed by atoms with Crippen molar-refractivity contribution >= 4 is 35.1 Å². The third kappa shape index (κ3) is 3.60. The number of pyridine rings is 1. The van der Waals surface area contributed by atoms with E-state index in [0.29, 0.717) is 12.8 Å². The summed E-state index contributed by atoms with van der Waals surface area (Å²) >= 11 is 0. The molecule has 4 rings (SSSR count). The fraction of sp³-hybridized carbons (Fsp3) is 0.263. The molecule has 1 aliphatic heterocycles. The number of carboxylic acid groups (broad SMARTS) is 1. The van der Waals surface area contributed by atoms with Gasteiger partial charge in [0.1, 0.15) is 12.1 Å². The van der Waals surface area contributed by atoms with E-state index < -0.39 is 5.97 Å². The second kappa shape index (κ2) is 7.66. The molecule has 2 aromatic heterocycles. The van der Waals surface area contributed by atoms with Gasteiger partial charge in [0.2, 0.25) is 0 Å². The number of hydrogen-bond donors (Lipinski definition) is 1. The lowest BCUT2D eigenvalue weighted by atomic mass is 9.97. The molecule has 134 valence electrons. The number of rotatable bonds is 3. The maximum atomic E-state index is 11.1. The van der Waals surface area contributed by atoms with Crippen LogP contribution in [0.3, 0.4) is 0 Å². The van der Waals surface area contributed by atoms with E-state index in [0.717, 1.165) is 40.9 Å². The van der Waals surface area contributed by atoms with Crippen molar-refractivity contribution in [2.45, 2.75) is 12.8 Å². The summed E-state index contributed by atoms with van der Waals surface area (Å²) in [7, 11) is 0. The number of anilines is 1. The van der Waals surface area contributed by atoms with Gasteiger partial charge in [-0.1, -0.05) is 6.07 Å². The Kier molecular flexibility index (Phi) is 5.32. The van der Waals surface area contributed by atoms with Crippen LogP contribution < -0.4 is 4.90 Å². The molecule has 0 aliphatic carbocycles. The number of aliphatic carboxylic acids is 1. The van der Waals surface area contributed by atoms with Crippen LogP contribution >= 0.6 is 12.4 Å². The van der Waals surface area contributed by atoms with Crippen LogP contribution in [0.15, 0.2) is 49.1 Å². The molecule has 7 heteroatoms. The van der Waals surface area contributed by atoms with Crippen molar-refractivity contribution in [2.24, 2.45) is 5.92 Å². The molecular weight excluding hydrogens is 352 g/mol. The number of nitrogens with zero attached hydrogens (tertiary/aromatic N) is 4. The van der Waals surface area contributed by atoms with Crippen molar-refractivity contribution < 1.29 is 9.90 Å². The number of fused-ring (bicyclic) bond motifs is 1. The summed E-state index contributed by atoms with van der Waals surface area (Å²) in [6, 6.07) is 10.2. The van der Waals surface area contributed by atoms with Crippen molar-refractivity contribution in [2.75, 3.05) is 18.0 Å². The number of halogens is 1. The van der Waals surface area contributed by atoms with Crippen LogP contribution in [-0.2, 0) is 4.79 Å². The lowest BCUT2D eigenvalue weighted by Gasteiger charge is -2.31. The van der Waals surface area contributed by atoms with Gasteiger partial charge in [0.25, 0.3) is 0 Å². The van der Waals surface area contributed by atoms with Gasteiger partial charge in [-0.2, -0.15) is 0 Å². The quantitative estimate of drug-likeness (QED) is 0.761. The third-order valence-corrected chi connectivity index (χ3v) is 4.74. The number of piperidine rings is 1. The van der Waals surface area contributed by atoms with Gasteiger partial charge in [0.05, 0.1) is 11.4 Å². The molecule has 1 aromatic carbocycles. The van der Waals surface area contributed by atoms with Gasteiger partial charge in [0, 0.05) is 36.4 Å². The Labute approximate surface area is 157 Å². The second-order valence-electron chi connectivity index (χ2n) is 6.30. The van der Waals surface area contributed by atoms with E-state index in [-0.39, 0.29) is 18.3 Å². The van der Waals surface area contributed by atoms with Crippen LogP contribution in [0.5, 0.6) is 0 Å². The van der Waals surface area contributed by atoms with Crippen LogP contribution in [0.2, 0.25) is 0 Å². The van der Waals surface area contributed by atoms with Gasteiger partial charge in [0.15, 0.2) is 0 Å². The van der Waals surface area contributed by atoms with Crippen LogP contribution in [0, 0.1) is 5.92 Å². The summed E-state index contributed by atoms with van der Waals surface area (Å²) in [5.41, 5.74) is 2.97. The Morgan fingerprint density at radius 3 is 2.46 bits per heavy atom. The van der Waals surface area contributed by atoms with E-state index in [1.54, 1.807) is 12.4 Å². The zero-order chi connectivity index (χ0) is 17.2. The number of benzene rings is 1. The molecule has 1 N–H and O–H groups in total. The highest BCUT2D eigenvalue weighted by molar-refractivity contribution is 5.86. The largest absolute Gasteiger partial charge is 0.481 e. The van der Waals surface area contributed by atoms with E-state index in [2.05, 4.69) is 27.0 Å². The molecule has 6 nitrogen and oxygen atoms in total. The lowest BCUT2D eigenvalue weighted by Crippen LogP contribution is -2.36. The maximum Gasteiger partial charge on any atom is 0.306 e. The fourth-order valence-electron chi connectivity index (χ4n) is 3.27. The van der Waals surface area contributed by atoms with E-state index in [1.165, 1.54) is 6.33 Å². The predicted octanol–water partition coefficient (Wildman–Crippen LogP) is 3.41. The van der Waals surface area contributed by atoms with E-state index in [4.69, 9.17) is 10.1 Å². The first-order valence-electron chi connectivity index (χ1n) is 8.35. The van der Waals surface area contributed by atoms with Gasteiger partial charge >= 0.3 is 5.97 Å². The molecule has 0 atom stereocenters. The first kappa shape index (κ1) is 18.1. The lowest BCUT2D eigenvalue weighted by molar-refractivity contribution is -0.142. The highest BCUT2D eigenvalue weighted by atomic mass is 35.5. The normalized spacial score (nSPS) is 14.8. The highest BCUT2D eigenvalue weighted by Gasteiger charge is 2.25. The number of aromatic nitrogens is 3. The van der Waals surface area contributed by atoms with E-state index in [1.807, 2.05) is 18.2 Å². The first-order valence-corrected chi connectivity index (χ1v) is 8.35. The Morgan fingerprint density at radius 2 is 1.77 bits per heavy atom. The van der Waals surface area contributed by atoms with Crippen molar-refractivity contribution in [3.8, 4) is 11.1 Å². The monoisotopic (exact) mass is 370 g/mol. The molecule has 1 saturated heterocycles. The van der Waals surface area contributed by atoms with Crippen LogP contribution in [0.25, 0.3) is 22.0 Å². The molecule has 1 fully saturated rings. The van der Waals surface area contributed by atoms with Crippen LogP contribution in [-0.4, -0.2) is 39.1 Å². The van der Waals surface area contributed by atoms with Crippen molar-refractivity contribution in [3.63, 3.8) is 0 Å². The van der Waals surface area contributed by atoms with Gasteiger partial charge in [-0.3, -0.25) is 4.79 Å². The predicted molar refractivity (Wildman–Crippen MR) is 103 cm³/mol. The Bertz CT molecular complexity index is 912. The zero-order valence-electron chi connectivity index (χ0n) is 14.1. The third-order valence-electron chi connectivity index (χ3n) is 4.74. The minimum Gasteiger partial charge on any atom is -0.481 e. The highest BCUT2D eigenvalue weighted by Crippen LogP contribution is 2.27. The van der Waals surface area contributed by atoms with Crippen molar-refractivity contribution in [1.29, 1.82) is 0 Å². The smallest absolute Gasteiger partial charge is 0.306 e. The molecule has 3 aromatic rings. The topological polar surface area (TPSA) is 79.2 Å². The molecule has 0 radical (unpaired) electrons. The van der Waals surface area contributed by atoms with Crippen molar-refractivity contribution in [1.82, 2.24) is 15.0 Å². The van der Waals surface area contributed by atoms with E-state index in [9.17, 15) is 4.79 Å². The van der Waals surface area contributed by atoms with Gasteiger partial charge in [-0.25, -0.2) is 15.0 Å². The minimum atomic E-state index is -0.691. The van der Waals surface area contributed by atoms with Crippen molar-refractivity contribution in [3.05, 3.63) is 49.1 Å². The molecule has 0 spiro atoms. The van der Waals surface area contributed by atoms with E-state index >= 15 is 0 Å². The van der Waals surface area contributed by atoms with Gasteiger partial charge in [-0.15, -0.1) is 12.4 Å². The summed E-state index contributed by atoms with van der Waals surface area (Å²) in [5.74, 6) is -0.0111. The number of hydrogen-bond acceptors (Lipinski definition) is 5. The maximum absolute atomic E-state index is 11.1. The average molecular weight is 371 g/mol. The molecule has 3 heterocycles. The molecule has 0 saturated carbocycles. The summed E-state index contributed by atoms with van der Waals surface area (Å²) < 4.78 is 0. The van der Waals surface area contributed by atoms with Gasteiger partial charge < -0.3 is 10.0 Å². The molecule has 1 aliphatic rings. The van der Waals surface area contributed by atoms with Crippen LogP contribution in [0.4, 0.5) is 5.82 Å². The number of carboxylic acids is 1. The molecule has 0 bridgehead atoms. The van der Waals surface area contributed by atoms with Gasteiger partial charge in [-0.05, 0) is 42.7 Å². The standard InChI is InChI=1S/C19H18N4O2.ClH/c24-19(25)13-5-7-23(8-6-13)18-4-2-15-9-14(1-3-17(15)22-18)16-10-20-12-21-11-16;/h1-4,9-13H,5-8H2,(H,24,25);1H. The summed E-state index contributed by atoms with van der Waals surface area (Å²) in [4.78, 5) is 26.1. The Hall–Kier alpha value is -2.73. The average Bonchev–Trinajstić information content (AvgIpc) is 2.68. The number of carbonyl (C=O) groups is 1. The summed E-state index contributed by atoms with van der Waals surface area (Å²) in [6.45, 7) is 1.46. The first-order chi connectivity index (χ1) is 12.2. The van der Waals surface area contributed by atoms with Crippen LogP contribution in [0.1, 0.15) is 12.8 Å². The summed E-state index contributed by atoms with van der Waals surface area (Å²) in [5, 5.41) is 10.2.